The fourth-order valence-corrected chi connectivity index (χ4v) is 11.5. The van der Waals surface area contributed by atoms with Crippen LogP contribution in [0, 0.1) is 5.92 Å². The Bertz CT molecular complexity index is 2600. The molecule has 1 N–H and O–H groups in total. The van der Waals surface area contributed by atoms with E-state index in [1.54, 1.807) is 11.1 Å². The summed E-state index contributed by atoms with van der Waals surface area (Å²) in [7, 11) is 0. The van der Waals surface area contributed by atoms with Gasteiger partial charge in [-0.15, -0.1) is 0 Å². The molecule has 3 atom stereocenters. The molecule has 1 heterocycles. The number of amidine groups is 1. The first-order valence-electron chi connectivity index (χ1n) is 21.3. The Labute approximate surface area is 338 Å². The van der Waals surface area contributed by atoms with E-state index in [9.17, 15) is 0 Å². The smallest absolute Gasteiger partial charge is 0.133 e. The summed E-state index contributed by atoms with van der Waals surface area (Å²) in [4.78, 5) is 5.24. The summed E-state index contributed by atoms with van der Waals surface area (Å²) < 4.78 is 0. The number of nitrogens with one attached hydrogen (secondary N) is 1. The van der Waals surface area contributed by atoms with Gasteiger partial charge in [0.2, 0.25) is 0 Å². The molecule has 1 saturated carbocycles. The molecule has 57 heavy (non-hydrogen) atoms. The van der Waals surface area contributed by atoms with Crippen LogP contribution in [0.25, 0.3) is 27.8 Å². The van der Waals surface area contributed by atoms with E-state index < -0.39 is 0 Å². The third kappa shape index (κ3) is 5.55. The van der Waals surface area contributed by atoms with Crippen LogP contribution in [-0.4, -0.2) is 5.84 Å². The predicted molar refractivity (Wildman–Crippen MR) is 237 cm³/mol. The van der Waals surface area contributed by atoms with Crippen LogP contribution < -0.4 is 5.32 Å². The Hall–Kier alpha value is -5.73. The summed E-state index contributed by atoms with van der Waals surface area (Å²) in [6, 6.07) is 45.3. The van der Waals surface area contributed by atoms with Crippen molar-refractivity contribution in [2.45, 2.75) is 81.6 Å². The topological polar surface area (TPSA) is 24.4 Å². The van der Waals surface area contributed by atoms with E-state index in [-0.39, 0.29) is 16.9 Å². The summed E-state index contributed by atoms with van der Waals surface area (Å²) in [5.41, 5.74) is 19.3. The summed E-state index contributed by atoms with van der Waals surface area (Å²) in [5.74, 6) is 1.91. The molecule has 5 aromatic rings. The van der Waals surface area contributed by atoms with E-state index in [4.69, 9.17) is 4.99 Å². The van der Waals surface area contributed by atoms with Gasteiger partial charge in [0.05, 0.1) is 6.04 Å². The molecule has 2 nitrogen and oxygen atoms in total. The van der Waals surface area contributed by atoms with Gasteiger partial charge in [0.15, 0.2) is 0 Å². The molecule has 0 amide bonds. The van der Waals surface area contributed by atoms with Crippen molar-refractivity contribution in [3.63, 3.8) is 0 Å². The SMILES string of the molecule is CC1(C)C2=CC3c4ccccc4C4(CCCCC4)C3C=C2c2c(-c3cccc(-c4ccc(C5C=C(C6=CC=CCC6)NC(c6ccccc6)=N5)cc4)c3)cccc21. The monoisotopic (exact) mass is 738 g/mol. The second-order valence-electron chi connectivity index (χ2n) is 17.7. The van der Waals surface area contributed by atoms with Gasteiger partial charge < -0.3 is 5.32 Å². The average Bonchev–Trinajstić information content (AvgIpc) is 3.67. The largest absolute Gasteiger partial charge is 0.340 e. The Morgan fingerprint density at radius 2 is 1.42 bits per heavy atom. The van der Waals surface area contributed by atoms with Crippen molar-refractivity contribution in [2.75, 3.05) is 0 Å². The van der Waals surface area contributed by atoms with Gasteiger partial charge in [-0.25, -0.2) is 0 Å². The van der Waals surface area contributed by atoms with E-state index >= 15 is 0 Å². The van der Waals surface area contributed by atoms with E-state index in [1.807, 2.05) is 0 Å². The highest BCUT2D eigenvalue weighted by Gasteiger charge is 2.54. The molecule has 2 heteroatoms. The van der Waals surface area contributed by atoms with Crippen LogP contribution in [0.2, 0.25) is 0 Å². The van der Waals surface area contributed by atoms with Crippen molar-refractivity contribution in [3.8, 4) is 22.3 Å². The molecule has 6 aliphatic rings. The van der Waals surface area contributed by atoms with Crippen LogP contribution in [0.4, 0.5) is 0 Å². The average molecular weight is 739 g/mol. The number of benzene rings is 5. The molecular weight excluding hydrogens is 689 g/mol. The fourth-order valence-electron chi connectivity index (χ4n) is 11.5. The van der Waals surface area contributed by atoms with Gasteiger partial charge in [0, 0.05) is 28.0 Å². The van der Waals surface area contributed by atoms with Crippen LogP contribution in [0.15, 0.2) is 180 Å². The highest BCUT2D eigenvalue weighted by molar-refractivity contribution is 6.01. The maximum absolute atomic E-state index is 5.24. The lowest BCUT2D eigenvalue weighted by Crippen LogP contribution is -2.35. The Morgan fingerprint density at radius 1 is 0.667 bits per heavy atom. The molecule has 5 aromatic carbocycles. The molecule has 0 bridgehead atoms. The normalized spacial score (nSPS) is 23.5. The number of fused-ring (bicyclic) bond motifs is 8. The molecule has 5 aliphatic carbocycles. The zero-order valence-electron chi connectivity index (χ0n) is 33.1. The number of aliphatic imine (C=N–C) groups is 1. The molecule has 1 fully saturated rings. The van der Waals surface area contributed by atoms with Crippen molar-refractivity contribution in [2.24, 2.45) is 10.9 Å². The zero-order chi connectivity index (χ0) is 38.1. The van der Waals surface area contributed by atoms with Gasteiger partial charge in [-0.3, -0.25) is 4.99 Å². The fraction of sp³-hybridized carbons (Fsp3) is 0.255. The summed E-state index contributed by atoms with van der Waals surface area (Å²) in [6.45, 7) is 4.91. The number of allylic oxidation sites excluding steroid dienone is 8. The molecule has 11 rings (SSSR count). The van der Waals surface area contributed by atoms with Crippen molar-refractivity contribution >= 4 is 11.4 Å². The van der Waals surface area contributed by atoms with Crippen LogP contribution in [0.5, 0.6) is 0 Å². The first kappa shape index (κ1) is 34.5. The standard InChI is InChI=1S/C55H50N2/c1-54(2)47-25-15-23-42(52(47)45-34-49-44(33-48(45)54)43-22-10-11-24-46(43)55(49)30-12-5-13-31-55)41-21-14-20-40(32-41)36-26-28-38(29-27-36)51-35-50(37-16-6-3-7-17-37)56-53(57-51)39-18-8-4-9-19-39/h3-4,6,8-11,14-16,18-29,32-35,44,49,51H,5,7,12-13,17,30-31H2,1-2H3,(H,56,57). The number of hydrogen-bond donors (Lipinski definition) is 1. The van der Waals surface area contributed by atoms with Gasteiger partial charge in [-0.05, 0) is 111 Å². The quantitative estimate of drug-likeness (QED) is 0.191. The molecule has 3 unspecified atom stereocenters. The lowest BCUT2D eigenvalue weighted by atomic mass is 9.62. The minimum atomic E-state index is -0.0649. The van der Waals surface area contributed by atoms with Crippen LogP contribution in [0.1, 0.15) is 104 Å². The lowest BCUT2D eigenvalue weighted by Gasteiger charge is -2.42. The van der Waals surface area contributed by atoms with E-state index in [0.29, 0.717) is 11.8 Å². The Kier molecular flexibility index (Phi) is 8.14. The van der Waals surface area contributed by atoms with Crippen LogP contribution >= 0.6 is 0 Å². The predicted octanol–water partition coefficient (Wildman–Crippen LogP) is 13.5. The molecule has 1 aliphatic heterocycles. The highest BCUT2D eigenvalue weighted by atomic mass is 15.0. The van der Waals surface area contributed by atoms with Gasteiger partial charge in [-0.2, -0.15) is 0 Å². The van der Waals surface area contributed by atoms with Crippen LogP contribution in [0.3, 0.4) is 0 Å². The third-order valence-corrected chi connectivity index (χ3v) is 14.3. The highest BCUT2D eigenvalue weighted by Crippen LogP contribution is 2.64. The van der Waals surface area contributed by atoms with Crippen molar-refractivity contribution in [3.05, 3.63) is 208 Å². The molecule has 0 saturated heterocycles. The Balaban J connectivity index is 0.949. The number of hydrogen-bond acceptors (Lipinski definition) is 2. The van der Waals surface area contributed by atoms with Gasteiger partial charge in [-0.1, -0.05) is 179 Å². The first-order chi connectivity index (χ1) is 28.0. The van der Waals surface area contributed by atoms with Crippen molar-refractivity contribution < 1.29 is 0 Å². The summed E-state index contributed by atoms with van der Waals surface area (Å²) in [6.07, 6.45) is 23.2. The van der Waals surface area contributed by atoms with E-state index in [1.165, 1.54) is 93.5 Å². The number of nitrogens with zero attached hydrogens (tertiary/aromatic N) is 1. The maximum atomic E-state index is 5.24. The lowest BCUT2D eigenvalue weighted by molar-refractivity contribution is 0.233. The van der Waals surface area contributed by atoms with E-state index in [0.717, 1.165) is 24.2 Å². The second-order valence-corrected chi connectivity index (χ2v) is 17.7. The van der Waals surface area contributed by atoms with Gasteiger partial charge >= 0.3 is 0 Å². The molecule has 0 radical (unpaired) electrons. The second kappa shape index (κ2) is 13.4. The summed E-state index contributed by atoms with van der Waals surface area (Å²) in [5, 5.41) is 3.67. The molecule has 280 valence electrons. The van der Waals surface area contributed by atoms with Crippen LogP contribution in [-0.2, 0) is 10.8 Å². The van der Waals surface area contributed by atoms with Crippen molar-refractivity contribution in [1.82, 2.24) is 5.32 Å². The summed E-state index contributed by atoms with van der Waals surface area (Å²) >= 11 is 0. The third-order valence-electron chi connectivity index (χ3n) is 14.3. The van der Waals surface area contributed by atoms with Crippen molar-refractivity contribution in [1.29, 1.82) is 0 Å². The van der Waals surface area contributed by atoms with Gasteiger partial charge in [0.25, 0.3) is 0 Å². The molecular formula is C55H50N2. The molecule has 1 spiro atoms. The zero-order valence-corrected chi connectivity index (χ0v) is 33.1. The number of rotatable bonds is 5. The van der Waals surface area contributed by atoms with E-state index in [2.05, 4.69) is 177 Å². The first-order valence-corrected chi connectivity index (χ1v) is 21.3. The molecule has 0 aromatic heterocycles. The minimum Gasteiger partial charge on any atom is -0.340 e. The maximum Gasteiger partial charge on any atom is 0.133 e. The minimum absolute atomic E-state index is 0.0527. The van der Waals surface area contributed by atoms with Gasteiger partial charge in [0.1, 0.15) is 5.84 Å². The Morgan fingerprint density at radius 3 is 2.25 bits per heavy atom.